The van der Waals surface area contributed by atoms with Gasteiger partial charge in [-0.3, -0.25) is 4.79 Å². The van der Waals surface area contributed by atoms with Crippen LogP contribution in [0.25, 0.3) is 15.9 Å². The van der Waals surface area contributed by atoms with E-state index < -0.39 is 11.9 Å². The van der Waals surface area contributed by atoms with E-state index in [4.69, 9.17) is 10.5 Å². The molecule has 4 N–H and O–H groups in total. The lowest BCUT2D eigenvalue weighted by Crippen LogP contribution is -2.49. The molecule has 1 aromatic carbocycles. The van der Waals surface area contributed by atoms with E-state index in [0.717, 1.165) is 41.8 Å². The SMILES string of the molecule is C/C=C(\S)c1c[nH]c2nccc(Oc3ccc(CC(N)C(=O)NC4CCN(C)CC4)cc3F)c12. The lowest BCUT2D eigenvalue weighted by Gasteiger charge is -2.30. The Morgan fingerprint density at radius 2 is 2.15 bits per heavy atom. The lowest BCUT2D eigenvalue weighted by atomic mass is 10.0. The van der Waals surface area contributed by atoms with E-state index in [9.17, 15) is 9.18 Å². The zero-order chi connectivity index (χ0) is 24.2. The quantitative estimate of drug-likeness (QED) is 0.383. The van der Waals surface area contributed by atoms with Gasteiger partial charge >= 0.3 is 0 Å². The fraction of sp³-hybridized carbons (Fsp3) is 0.360. The van der Waals surface area contributed by atoms with Crippen LogP contribution in [0.5, 0.6) is 11.5 Å². The summed E-state index contributed by atoms with van der Waals surface area (Å²) in [7, 11) is 2.07. The molecule has 1 aliphatic heterocycles. The molecule has 2 aromatic heterocycles. The predicted octanol–water partition coefficient (Wildman–Crippen LogP) is 3.87. The average molecular weight is 484 g/mol. The highest BCUT2D eigenvalue weighted by atomic mass is 32.1. The number of hydrogen-bond acceptors (Lipinski definition) is 6. The van der Waals surface area contributed by atoms with E-state index in [1.807, 2.05) is 13.0 Å². The first kappa shape index (κ1) is 24.3. The average Bonchev–Trinajstić information content (AvgIpc) is 3.27. The number of benzene rings is 1. The van der Waals surface area contributed by atoms with Crippen molar-refractivity contribution in [2.75, 3.05) is 20.1 Å². The van der Waals surface area contributed by atoms with E-state index in [1.165, 1.54) is 6.07 Å². The van der Waals surface area contributed by atoms with Gasteiger partial charge in [0.05, 0.1) is 11.4 Å². The molecule has 0 saturated carbocycles. The third-order valence-electron chi connectivity index (χ3n) is 6.16. The normalized spacial score (nSPS) is 16.6. The zero-order valence-electron chi connectivity index (χ0n) is 19.3. The summed E-state index contributed by atoms with van der Waals surface area (Å²) in [5.41, 5.74) is 8.19. The van der Waals surface area contributed by atoms with Crippen LogP contribution in [-0.4, -0.2) is 53.0 Å². The molecular weight excluding hydrogens is 453 g/mol. The number of piperidine rings is 1. The van der Waals surface area contributed by atoms with Crippen LogP contribution in [0.3, 0.4) is 0 Å². The molecule has 7 nitrogen and oxygen atoms in total. The number of ether oxygens (including phenoxy) is 1. The summed E-state index contributed by atoms with van der Waals surface area (Å²) in [4.78, 5) is 22.9. The first-order valence-corrected chi connectivity index (χ1v) is 11.8. The van der Waals surface area contributed by atoms with Gasteiger partial charge in [-0.15, -0.1) is 12.6 Å². The number of likely N-dealkylation sites (tertiary alicyclic amines) is 1. The van der Waals surface area contributed by atoms with Crippen LogP contribution in [0, 0.1) is 5.82 Å². The number of thiol groups is 1. The van der Waals surface area contributed by atoms with Crippen molar-refractivity contribution in [3.63, 3.8) is 0 Å². The highest BCUT2D eigenvalue weighted by molar-refractivity contribution is 7.90. The van der Waals surface area contributed by atoms with Crippen molar-refractivity contribution in [2.24, 2.45) is 5.73 Å². The number of rotatable bonds is 7. The number of H-pyrrole nitrogens is 1. The molecule has 3 heterocycles. The molecule has 3 aromatic rings. The predicted molar refractivity (Wildman–Crippen MR) is 136 cm³/mol. The number of halogens is 1. The lowest BCUT2D eigenvalue weighted by molar-refractivity contribution is -0.123. The number of nitrogens with two attached hydrogens (primary N) is 1. The van der Waals surface area contributed by atoms with Gasteiger partial charge in [-0.1, -0.05) is 12.1 Å². The number of nitrogens with zero attached hydrogens (tertiary/aromatic N) is 2. The van der Waals surface area contributed by atoms with Crippen LogP contribution in [-0.2, 0) is 11.2 Å². The third-order valence-corrected chi connectivity index (χ3v) is 6.66. The number of nitrogens with one attached hydrogen (secondary N) is 2. The van der Waals surface area contributed by atoms with Crippen LogP contribution in [0.1, 0.15) is 30.9 Å². The minimum Gasteiger partial charge on any atom is -0.453 e. The Hall–Kier alpha value is -2.88. The van der Waals surface area contributed by atoms with Gasteiger partial charge in [-0.2, -0.15) is 0 Å². The minimum atomic E-state index is -0.747. The number of carbonyl (C=O) groups is 1. The van der Waals surface area contributed by atoms with E-state index in [-0.39, 0.29) is 24.1 Å². The van der Waals surface area contributed by atoms with Crippen molar-refractivity contribution in [3.05, 3.63) is 59.7 Å². The van der Waals surface area contributed by atoms with Gasteiger partial charge in [0.15, 0.2) is 11.6 Å². The largest absolute Gasteiger partial charge is 0.453 e. The number of fused-ring (bicyclic) bond motifs is 1. The zero-order valence-corrected chi connectivity index (χ0v) is 20.2. The summed E-state index contributed by atoms with van der Waals surface area (Å²) >= 11 is 4.50. The number of aromatic amines is 1. The molecule has 0 radical (unpaired) electrons. The molecule has 0 spiro atoms. The molecule has 1 saturated heterocycles. The Morgan fingerprint density at radius 1 is 1.38 bits per heavy atom. The van der Waals surface area contributed by atoms with Gasteiger partial charge in [0.2, 0.25) is 5.91 Å². The number of carbonyl (C=O) groups excluding carboxylic acids is 1. The Bertz CT molecular complexity index is 1200. The van der Waals surface area contributed by atoms with Gasteiger partial charge < -0.3 is 25.7 Å². The van der Waals surface area contributed by atoms with Crippen LogP contribution in [0.2, 0.25) is 0 Å². The first-order chi connectivity index (χ1) is 16.4. The Labute approximate surface area is 204 Å². The summed E-state index contributed by atoms with van der Waals surface area (Å²) in [6.45, 7) is 3.78. The molecule has 0 aliphatic carbocycles. The summed E-state index contributed by atoms with van der Waals surface area (Å²) in [6, 6.07) is 5.73. The van der Waals surface area contributed by atoms with Gasteiger partial charge in [0.25, 0.3) is 0 Å². The molecule has 34 heavy (non-hydrogen) atoms. The van der Waals surface area contributed by atoms with Crippen molar-refractivity contribution in [1.82, 2.24) is 20.2 Å². The van der Waals surface area contributed by atoms with Crippen LogP contribution < -0.4 is 15.8 Å². The molecule has 1 aliphatic rings. The molecular formula is C25H30FN5O2S. The maximum Gasteiger partial charge on any atom is 0.237 e. The minimum absolute atomic E-state index is 0.0777. The fourth-order valence-electron chi connectivity index (χ4n) is 4.15. The van der Waals surface area contributed by atoms with E-state index in [2.05, 4.69) is 39.9 Å². The Balaban J connectivity index is 1.45. The second-order valence-corrected chi connectivity index (χ2v) is 9.15. The summed E-state index contributed by atoms with van der Waals surface area (Å²) < 4.78 is 20.8. The fourth-order valence-corrected chi connectivity index (χ4v) is 4.33. The maximum atomic E-state index is 14.9. The number of pyridine rings is 1. The van der Waals surface area contributed by atoms with Gasteiger partial charge in [0.1, 0.15) is 11.4 Å². The smallest absolute Gasteiger partial charge is 0.237 e. The Kier molecular flexibility index (Phi) is 7.55. The number of amides is 1. The third kappa shape index (κ3) is 5.43. The van der Waals surface area contributed by atoms with Crippen molar-refractivity contribution in [2.45, 2.75) is 38.3 Å². The molecule has 1 unspecified atom stereocenters. The summed E-state index contributed by atoms with van der Waals surface area (Å²) in [6.07, 6.45) is 7.31. The topological polar surface area (TPSA) is 96.3 Å². The number of hydrogen-bond donors (Lipinski definition) is 4. The molecule has 4 rings (SSSR count). The molecule has 180 valence electrons. The molecule has 1 atom stereocenters. The van der Waals surface area contributed by atoms with Crippen molar-refractivity contribution < 1.29 is 13.9 Å². The van der Waals surface area contributed by atoms with Gasteiger partial charge in [0, 0.05) is 28.9 Å². The van der Waals surface area contributed by atoms with Crippen LogP contribution in [0.15, 0.2) is 42.7 Å². The van der Waals surface area contributed by atoms with Crippen molar-refractivity contribution in [1.29, 1.82) is 0 Å². The highest BCUT2D eigenvalue weighted by Crippen LogP contribution is 2.36. The summed E-state index contributed by atoms with van der Waals surface area (Å²) in [5, 5.41) is 3.75. The molecule has 9 heteroatoms. The Morgan fingerprint density at radius 3 is 2.85 bits per heavy atom. The second-order valence-electron chi connectivity index (χ2n) is 8.67. The van der Waals surface area contributed by atoms with E-state index in [1.54, 1.807) is 30.6 Å². The standard InChI is InChI=1S/C25H30FN5O2S/c1-3-22(34)17-14-29-24-23(17)21(6-9-28-24)33-20-5-4-15(12-18(20)26)13-19(27)25(32)30-16-7-10-31(2)11-8-16/h3-6,9,12,14,16,19,34H,7-8,10-11,13,27H2,1-2H3,(H,28,29)(H,30,32)/b22-3-. The molecule has 0 bridgehead atoms. The molecule has 1 fully saturated rings. The molecule has 1 amide bonds. The van der Waals surface area contributed by atoms with Crippen LogP contribution in [0.4, 0.5) is 4.39 Å². The van der Waals surface area contributed by atoms with Crippen molar-refractivity contribution >= 4 is 34.5 Å². The maximum absolute atomic E-state index is 14.9. The van der Waals surface area contributed by atoms with Crippen LogP contribution >= 0.6 is 12.6 Å². The highest BCUT2D eigenvalue weighted by Gasteiger charge is 2.22. The number of aromatic nitrogens is 2. The number of allylic oxidation sites excluding steroid dienone is 1. The van der Waals surface area contributed by atoms with E-state index >= 15 is 0 Å². The second kappa shape index (κ2) is 10.6. The van der Waals surface area contributed by atoms with Crippen molar-refractivity contribution in [3.8, 4) is 11.5 Å². The van der Waals surface area contributed by atoms with Gasteiger partial charge in [-0.05, 0) is 70.1 Å². The first-order valence-electron chi connectivity index (χ1n) is 11.4. The van der Waals surface area contributed by atoms with Gasteiger partial charge in [-0.25, -0.2) is 9.37 Å². The monoisotopic (exact) mass is 483 g/mol. The van der Waals surface area contributed by atoms with E-state index in [0.29, 0.717) is 17.0 Å². The summed E-state index contributed by atoms with van der Waals surface area (Å²) in [5.74, 6) is -0.190.